The SMILES string of the molecule is CC(C)(C=O)N1CCCNCC1. The molecule has 1 rings (SSSR count). The summed E-state index contributed by atoms with van der Waals surface area (Å²) in [5.41, 5.74) is -0.286. The normalized spacial score (nSPS) is 21.8. The second kappa shape index (κ2) is 4.01. The van der Waals surface area contributed by atoms with E-state index < -0.39 is 0 Å². The zero-order chi connectivity index (χ0) is 9.03. The van der Waals surface area contributed by atoms with Gasteiger partial charge < -0.3 is 10.1 Å². The van der Waals surface area contributed by atoms with Gasteiger partial charge in [-0.05, 0) is 26.8 Å². The lowest BCUT2D eigenvalue weighted by atomic mass is 10.1. The monoisotopic (exact) mass is 170 g/mol. The lowest BCUT2D eigenvalue weighted by Crippen LogP contribution is -2.46. The number of carbonyl (C=O) groups is 1. The van der Waals surface area contributed by atoms with E-state index in [-0.39, 0.29) is 5.54 Å². The number of rotatable bonds is 2. The highest BCUT2D eigenvalue weighted by Crippen LogP contribution is 2.12. The van der Waals surface area contributed by atoms with Gasteiger partial charge in [0.15, 0.2) is 0 Å². The molecule has 1 heterocycles. The number of hydrogen-bond acceptors (Lipinski definition) is 3. The molecule has 0 aliphatic carbocycles. The van der Waals surface area contributed by atoms with Gasteiger partial charge >= 0.3 is 0 Å². The van der Waals surface area contributed by atoms with E-state index in [1.165, 1.54) is 0 Å². The molecule has 0 bridgehead atoms. The van der Waals surface area contributed by atoms with Gasteiger partial charge in [-0.15, -0.1) is 0 Å². The maximum atomic E-state index is 10.8. The maximum Gasteiger partial charge on any atom is 0.139 e. The Bertz CT molecular complexity index is 149. The van der Waals surface area contributed by atoms with Gasteiger partial charge in [-0.25, -0.2) is 0 Å². The van der Waals surface area contributed by atoms with Crippen LogP contribution < -0.4 is 5.32 Å². The highest BCUT2D eigenvalue weighted by molar-refractivity contribution is 5.62. The predicted octanol–water partition coefficient (Wildman–Crippen LogP) is 0.259. The van der Waals surface area contributed by atoms with Crippen molar-refractivity contribution in [3.8, 4) is 0 Å². The third-order valence-corrected chi connectivity index (χ3v) is 2.44. The standard InChI is InChI=1S/C9H18N2O/c1-9(2,8-12)11-6-3-4-10-5-7-11/h8,10H,3-7H2,1-2H3. The van der Waals surface area contributed by atoms with Crippen molar-refractivity contribution in [2.24, 2.45) is 0 Å². The predicted molar refractivity (Wildman–Crippen MR) is 49.2 cm³/mol. The summed E-state index contributed by atoms with van der Waals surface area (Å²) in [6.07, 6.45) is 2.18. The summed E-state index contributed by atoms with van der Waals surface area (Å²) in [5, 5.41) is 3.32. The average Bonchev–Trinajstić information content (AvgIpc) is 2.32. The van der Waals surface area contributed by atoms with Gasteiger partial charge in [0.2, 0.25) is 0 Å². The van der Waals surface area contributed by atoms with Crippen molar-refractivity contribution in [1.82, 2.24) is 10.2 Å². The highest BCUT2D eigenvalue weighted by atomic mass is 16.1. The van der Waals surface area contributed by atoms with E-state index in [1.807, 2.05) is 13.8 Å². The van der Waals surface area contributed by atoms with Crippen molar-refractivity contribution in [3.63, 3.8) is 0 Å². The molecule has 1 N–H and O–H groups in total. The highest BCUT2D eigenvalue weighted by Gasteiger charge is 2.25. The van der Waals surface area contributed by atoms with Crippen LogP contribution in [0.5, 0.6) is 0 Å². The minimum absolute atomic E-state index is 0.286. The van der Waals surface area contributed by atoms with E-state index in [1.54, 1.807) is 0 Å². The third kappa shape index (κ3) is 2.29. The Morgan fingerprint density at radius 1 is 1.33 bits per heavy atom. The number of aldehydes is 1. The Hall–Kier alpha value is -0.410. The molecule has 3 nitrogen and oxygen atoms in total. The van der Waals surface area contributed by atoms with Gasteiger partial charge in [0.05, 0.1) is 5.54 Å². The fourth-order valence-corrected chi connectivity index (χ4v) is 1.50. The van der Waals surface area contributed by atoms with Gasteiger partial charge in [-0.1, -0.05) is 0 Å². The molecule has 0 saturated carbocycles. The van der Waals surface area contributed by atoms with Crippen LogP contribution in [0.2, 0.25) is 0 Å². The first-order valence-corrected chi connectivity index (χ1v) is 4.59. The molecule has 0 radical (unpaired) electrons. The minimum Gasteiger partial charge on any atom is -0.315 e. The number of nitrogens with zero attached hydrogens (tertiary/aromatic N) is 1. The average molecular weight is 170 g/mol. The number of carbonyl (C=O) groups excluding carboxylic acids is 1. The van der Waals surface area contributed by atoms with Crippen molar-refractivity contribution in [2.75, 3.05) is 26.2 Å². The molecule has 0 aromatic heterocycles. The second-order valence-electron chi connectivity index (χ2n) is 3.86. The second-order valence-corrected chi connectivity index (χ2v) is 3.86. The largest absolute Gasteiger partial charge is 0.315 e. The van der Waals surface area contributed by atoms with Crippen LogP contribution in [0.1, 0.15) is 20.3 Å². The van der Waals surface area contributed by atoms with Crippen LogP contribution in [0.15, 0.2) is 0 Å². The van der Waals surface area contributed by atoms with Gasteiger partial charge in [-0.3, -0.25) is 4.90 Å². The lowest BCUT2D eigenvalue weighted by Gasteiger charge is -2.32. The summed E-state index contributed by atoms with van der Waals surface area (Å²) >= 11 is 0. The molecule has 1 aliphatic heterocycles. The first-order valence-electron chi connectivity index (χ1n) is 4.59. The number of nitrogens with one attached hydrogen (secondary N) is 1. The summed E-state index contributed by atoms with van der Waals surface area (Å²) in [6, 6.07) is 0. The molecule has 1 aliphatic rings. The molecule has 0 unspecified atom stereocenters. The third-order valence-electron chi connectivity index (χ3n) is 2.44. The summed E-state index contributed by atoms with van der Waals surface area (Å²) in [7, 11) is 0. The van der Waals surface area contributed by atoms with Crippen LogP contribution in [0.4, 0.5) is 0 Å². The van der Waals surface area contributed by atoms with Crippen LogP contribution in [-0.2, 0) is 4.79 Å². The van der Waals surface area contributed by atoms with E-state index in [2.05, 4.69) is 10.2 Å². The zero-order valence-electron chi connectivity index (χ0n) is 7.97. The first kappa shape index (κ1) is 9.68. The minimum atomic E-state index is -0.286. The summed E-state index contributed by atoms with van der Waals surface area (Å²) < 4.78 is 0. The molecule has 1 saturated heterocycles. The molecule has 0 amide bonds. The van der Waals surface area contributed by atoms with Crippen LogP contribution in [0.25, 0.3) is 0 Å². The van der Waals surface area contributed by atoms with E-state index in [0.29, 0.717) is 0 Å². The van der Waals surface area contributed by atoms with Crippen LogP contribution >= 0.6 is 0 Å². The van der Waals surface area contributed by atoms with Crippen molar-refractivity contribution < 1.29 is 4.79 Å². The van der Waals surface area contributed by atoms with E-state index in [4.69, 9.17) is 0 Å². The van der Waals surface area contributed by atoms with E-state index in [0.717, 1.165) is 38.9 Å². The summed E-state index contributed by atoms with van der Waals surface area (Å²) in [6.45, 7) is 8.03. The molecule has 0 aromatic carbocycles. The molecular weight excluding hydrogens is 152 g/mol. The topological polar surface area (TPSA) is 32.3 Å². The Morgan fingerprint density at radius 3 is 2.75 bits per heavy atom. The first-order chi connectivity index (χ1) is 5.67. The fourth-order valence-electron chi connectivity index (χ4n) is 1.50. The molecular formula is C9H18N2O. The zero-order valence-corrected chi connectivity index (χ0v) is 7.97. The van der Waals surface area contributed by atoms with Gasteiger partial charge in [-0.2, -0.15) is 0 Å². The molecule has 3 heteroatoms. The maximum absolute atomic E-state index is 10.8. The van der Waals surface area contributed by atoms with E-state index >= 15 is 0 Å². The van der Waals surface area contributed by atoms with Gasteiger partial charge in [0.25, 0.3) is 0 Å². The molecule has 0 atom stereocenters. The summed E-state index contributed by atoms with van der Waals surface area (Å²) in [5.74, 6) is 0. The Balaban J connectivity index is 2.53. The van der Waals surface area contributed by atoms with Crippen molar-refractivity contribution in [2.45, 2.75) is 25.8 Å². The quantitative estimate of drug-likeness (QED) is 0.603. The van der Waals surface area contributed by atoms with Gasteiger partial charge in [0, 0.05) is 19.6 Å². The van der Waals surface area contributed by atoms with Crippen LogP contribution in [0, 0.1) is 0 Å². The Labute approximate surface area is 74.1 Å². The molecule has 12 heavy (non-hydrogen) atoms. The lowest BCUT2D eigenvalue weighted by molar-refractivity contribution is -0.116. The van der Waals surface area contributed by atoms with Crippen LogP contribution in [0.3, 0.4) is 0 Å². The van der Waals surface area contributed by atoms with E-state index in [9.17, 15) is 4.79 Å². The smallest absolute Gasteiger partial charge is 0.139 e. The van der Waals surface area contributed by atoms with Crippen LogP contribution in [-0.4, -0.2) is 42.9 Å². The molecule has 0 spiro atoms. The molecule has 0 aromatic rings. The summed E-state index contributed by atoms with van der Waals surface area (Å²) in [4.78, 5) is 13.0. The Kier molecular flexibility index (Phi) is 3.23. The van der Waals surface area contributed by atoms with Crippen molar-refractivity contribution in [1.29, 1.82) is 0 Å². The van der Waals surface area contributed by atoms with Crippen molar-refractivity contribution in [3.05, 3.63) is 0 Å². The van der Waals surface area contributed by atoms with Crippen molar-refractivity contribution >= 4 is 6.29 Å². The molecule has 1 fully saturated rings. The molecule has 70 valence electrons. The van der Waals surface area contributed by atoms with Gasteiger partial charge in [0.1, 0.15) is 6.29 Å². The number of hydrogen-bond donors (Lipinski definition) is 1. The fraction of sp³-hybridized carbons (Fsp3) is 0.889. The Morgan fingerprint density at radius 2 is 2.08 bits per heavy atom.